The second-order valence-electron chi connectivity index (χ2n) is 5.53. The molecule has 3 atom stereocenters. The fourth-order valence-corrected chi connectivity index (χ4v) is 3.44. The number of rotatable bonds is 3. The Morgan fingerprint density at radius 3 is 2.74 bits per heavy atom. The van der Waals surface area contributed by atoms with Crippen molar-refractivity contribution in [2.45, 2.75) is 18.4 Å². The molecule has 2 bridgehead atoms. The first-order chi connectivity index (χ1) is 9.17. The summed E-state index contributed by atoms with van der Waals surface area (Å²) in [5, 5.41) is 11.1. The third kappa shape index (κ3) is 1.99. The standard InChI is InChI=1S/C15H21NO3/c1-18-13-4-3-11(9-14(13)19-2)15(17)6-8-16-7-5-12(15)10-16/h3-4,9,12,17H,5-8,10H2,1-2H3. The van der Waals surface area contributed by atoms with Crippen molar-refractivity contribution in [1.82, 2.24) is 4.90 Å². The number of methoxy groups -OCH3 is 2. The number of piperidine rings is 1. The third-order valence-corrected chi connectivity index (χ3v) is 4.64. The first-order valence-corrected chi connectivity index (χ1v) is 6.84. The van der Waals surface area contributed by atoms with Crippen molar-refractivity contribution in [3.8, 4) is 11.5 Å². The molecular formula is C15H21NO3. The fourth-order valence-electron chi connectivity index (χ4n) is 3.44. The van der Waals surface area contributed by atoms with Gasteiger partial charge in [-0.25, -0.2) is 0 Å². The molecule has 1 N–H and O–H groups in total. The molecule has 2 aliphatic heterocycles. The van der Waals surface area contributed by atoms with E-state index in [4.69, 9.17) is 9.47 Å². The van der Waals surface area contributed by atoms with E-state index < -0.39 is 5.60 Å². The average molecular weight is 263 g/mol. The lowest BCUT2D eigenvalue weighted by molar-refractivity contribution is -0.0503. The van der Waals surface area contributed by atoms with Crippen molar-refractivity contribution in [2.24, 2.45) is 5.92 Å². The van der Waals surface area contributed by atoms with Gasteiger partial charge in [-0.15, -0.1) is 0 Å². The Balaban J connectivity index is 1.96. The summed E-state index contributed by atoms with van der Waals surface area (Å²) in [7, 11) is 3.26. The quantitative estimate of drug-likeness (QED) is 0.900. The summed E-state index contributed by atoms with van der Waals surface area (Å²) in [6.45, 7) is 3.09. The van der Waals surface area contributed by atoms with Crippen molar-refractivity contribution >= 4 is 0 Å². The molecule has 0 spiro atoms. The van der Waals surface area contributed by atoms with Gasteiger partial charge in [-0.2, -0.15) is 0 Å². The predicted octanol–water partition coefficient (Wildman–Crippen LogP) is 1.62. The average Bonchev–Trinajstić information content (AvgIpc) is 2.87. The monoisotopic (exact) mass is 263 g/mol. The third-order valence-electron chi connectivity index (χ3n) is 4.64. The van der Waals surface area contributed by atoms with E-state index in [1.54, 1.807) is 14.2 Å². The van der Waals surface area contributed by atoms with E-state index in [2.05, 4.69) is 4.90 Å². The Morgan fingerprint density at radius 1 is 1.21 bits per heavy atom. The summed E-state index contributed by atoms with van der Waals surface area (Å²) >= 11 is 0. The minimum Gasteiger partial charge on any atom is -0.493 e. The molecule has 0 aromatic heterocycles. The predicted molar refractivity (Wildman–Crippen MR) is 72.6 cm³/mol. The van der Waals surface area contributed by atoms with Crippen molar-refractivity contribution < 1.29 is 14.6 Å². The highest BCUT2D eigenvalue weighted by Gasteiger charge is 2.46. The summed E-state index contributed by atoms with van der Waals surface area (Å²) in [5.74, 6) is 1.73. The smallest absolute Gasteiger partial charge is 0.161 e. The Kier molecular flexibility index (Phi) is 3.15. The molecule has 2 saturated heterocycles. The van der Waals surface area contributed by atoms with Gasteiger partial charge in [0, 0.05) is 19.0 Å². The minimum absolute atomic E-state index is 0.333. The summed E-state index contributed by atoms with van der Waals surface area (Å²) in [4.78, 5) is 2.43. The first-order valence-electron chi connectivity index (χ1n) is 6.84. The van der Waals surface area contributed by atoms with Crippen LogP contribution in [-0.2, 0) is 5.60 Å². The Labute approximate surface area is 113 Å². The molecule has 0 aliphatic carbocycles. The van der Waals surface area contributed by atoms with E-state index in [-0.39, 0.29) is 0 Å². The van der Waals surface area contributed by atoms with Gasteiger partial charge >= 0.3 is 0 Å². The van der Waals surface area contributed by atoms with Crippen LogP contribution in [0.3, 0.4) is 0 Å². The lowest BCUT2D eigenvalue weighted by atomic mass is 9.77. The number of aliphatic hydroxyl groups is 1. The highest BCUT2D eigenvalue weighted by molar-refractivity contribution is 5.45. The lowest BCUT2D eigenvalue weighted by Gasteiger charge is -2.39. The maximum atomic E-state index is 11.1. The van der Waals surface area contributed by atoms with Gasteiger partial charge in [-0.3, -0.25) is 0 Å². The molecule has 3 rings (SSSR count). The van der Waals surface area contributed by atoms with Crippen molar-refractivity contribution in [2.75, 3.05) is 33.9 Å². The molecule has 2 fully saturated rings. The van der Waals surface area contributed by atoms with Crippen LogP contribution >= 0.6 is 0 Å². The van der Waals surface area contributed by atoms with E-state index >= 15 is 0 Å². The van der Waals surface area contributed by atoms with E-state index in [1.165, 1.54) is 0 Å². The number of benzene rings is 1. The van der Waals surface area contributed by atoms with Crippen LogP contribution < -0.4 is 9.47 Å². The van der Waals surface area contributed by atoms with Gasteiger partial charge in [-0.1, -0.05) is 6.07 Å². The Morgan fingerprint density at radius 2 is 2.00 bits per heavy atom. The van der Waals surface area contributed by atoms with Gasteiger partial charge in [0.25, 0.3) is 0 Å². The topological polar surface area (TPSA) is 41.9 Å². The minimum atomic E-state index is -0.716. The maximum Gasteiger partial charge on any atom is 0.161 e. The largest absolute Gasteiger partial charge is 0.493 e. The second-order valence-corrected chi connectivity index (χ2v) is 5.53. The van der Waals surface area contributed by atoms with Crippen molar-refractivity contribution in [3.63, 3.8) is 0 Å². The molecule has 0 amide bonds. The molecule has 2 heterocycles. The van der Waals surface area contributed by atoms with Gasteiger partial charge in [0.2, 0.25) is 0 Å². The molecule has 1 aromatic rings. The van der Waals surface area contributed by atoms with Gasteiger partial charge in [0.15, 0.2) is 11.5 Å². The highest BCUT2D eigenvalue weighted by Crippen LogP contribution is 2.44. The first kappa shape index (κ1) is 12.8. The molecule has 2 aliphatic rings. The molecule has 4 heteroatoms. The highest BCUT2D eigenvalue weighted by atomic mass is 16.5. The van der Waals surface area contributed by atoms with Crippen molar-refractivity contribution in [3.05, 3.63) is 23.8 Å². The second kappa shape index (κ2) is 4.69. The zero-order chi connectivity index (χ0) is 13.5. The van der Waals surface area contributed by atoms with Crippen LogP contribution in [0.1, 0.15) is 18.4 Å². The Bertz CT molecular complexity index is 476. The zero-order valence-corrected chi connectivity index (χ0v) is 11.6. The van der Waals surface area contributed by atoms with Crippen LogP contribution in [0.4, 0.5) is 0 Å². The van der Waals surface area contributed by atoms with Crippen LogP contribution in [0.25, 0.3) is 0 Å². The zero-order valence-electron chi connectivity index (χ0n) is 11.6. The molecular weight excluding hydrogens is 242 g/mol. The number of ether oxygens (including phenoxy) is 2. The van der Waals surface area contributed by atoms with Crippen LogP contribution in [0.2, 0.25) is 0 Å². The summed E-state index contributed by atoms with van der Waals surface area (Å²) < 4.78 is 10.6. The fraction of sp³-hybridized carbons (Fsp3) is 0.600. The van der Waals surface area contributed by atoms with Gasteiger partial charge in [0.05, 0.1) is 19.8 Å². The summed E-state index contributed by atoms with van der Waals surface area (Å²) in [6.07, 6.45) is 1.87. The molecule has 4 nitrogen and oxygen atoms in total. The van der Waals surface area contributed by atoms with Gasteiger partial charge < -0.3 is 19.5 Å². The number of hydrogen-bond acceptors (Lipinski definition) is 4. The molecule has 0 saturated carbocycles. The summed E-state index contributed by atoms with van der Waals surface area (Å²) in [6, 6.07) is 5.77. The van der Waals surface area contributed by atoms with E-state index in [0.29, 0.717) is 17.4 Å². The SMILES string of the molecule is COc1ccc(C2(O)CCN3CCC2C3)cc1OC. The Hall–Kier alpha value is -1.26. The van der Waals surface area contributed by atoms with Crippen molar-refractivity contribution in [1.29, 1.82) is 0 Å². The van der Waals surface area contributed by atoms with E-state index in [1.807, 2.05) is 18.2 Å². The van der Waals surface area contributed by atoms with E-state index in [0.717, 1.165) is 38.0 Å². The number of nitrogens with zero attached hydrogens (tertiary/aromatic N) is 1. The number of hydrogen-bond donors (Lipinski definition) is 1. The molecule has 0 radical (unpaired) electrons. The van der Waals surface area contributed by atoms with Crippen LogP contribution in [-0.4, -0.2) is 43.9 Å². The van der Waals surface area contributed by atoms with Crippen LogP contribution in [0, 0.1) is 5.92 Å². The van der Waals surface area contributed by atoms with Gasteiger partial charge in [-0.05, 0) is 37.1 Å². The summed E-state index contributed by atoms with van der Waals surface area (Å²) in [5.41, 5.74) is 0.240. The normalized spacial score (nSPS) is 33.2. The number of fused-ring (bicyclic) bond motifs is 2. The molecule has 19 heavy (non-hydrogen) atoms. The molecule has 3 unspecified atom stereocenters. The molecule has 104 valence electrons. The maximum absolute atomic E-state index is 11.1. The van der Waals surface area contributed by atoms with Crippen LogP contribution in [0.15, 0.2) is 18.2 Å². The lowest BCUT2D eigenvalue weighted by Crippen LogP contribution is -2.44. The van der Waals surface area contributed by atoms with Crippen LogP contribution in [0.5, 0.6) is 11.5 Å². The molecule has 1 aromatic carbocycles. The van der Waals surface area contributed by atoms with E-state index in [9.17, 15) is 5.11 Å². The van der Waals surface area contributed by atoms with Gasteiger partial charge in [0.1, 0.15) is 0 Å².